The molecule has 12 rings (SSSR count). The summed E-state index contributed by atoms with van der Waals surface area (Å²) >= 11 is 0. The first-order chi connectivity index (χ1) is 32.2. The maximum Gasteiger partial charge on any atom is 0.227 e. The Hall–Kier alpha value is -8.53. The van der Waals surface area contributed by atoms with Crippen LogP contribution in [0.25, 0.3) is 99.4 Å². The van der Waals surface area contributed by atoms with Crippen LogP contribution in [0.15, 0.2) is 247 Å². The molecule has 0 bridgehead atoms. The van der Waals surface area contributed by atoms with E-state index in [-0.39, 0.29) is 0 Å². The molecule has 306 valence electrons. The second-order valence-corrected chi connectivity index (χ2v) is 16.7. The molecule has 0 radical (unpaired) electrons. The van der Waals surface area contributed by atoms with Crippen molar-refractivity contribution in [3.05, 3.63) is 248 Å². The maximum atomic E-state index is 6.42. The average molecular weight is 831 g/mol. The van der Waals surface area contributed by atoms with Crippen molar-refractivity contribution in [3.63, 3.8) is 0 Å². The number of anilines is 2. The Morgan fingerprint density at radius 3 is 1.80 bits per heavy atom. The molecular weight excluding hydrogens is 789 g/mol. The summed E-state index contributed by atoms with van der Waals surface area (Å²) in [6.45, 7) is 0.652. The van der Waals surface area contributed by atoms with E-state index in [1.165, 1.54) is 55.1 Å². The predicted molar refractivity (Wildman–Crippen MR) is 272 cm³/mol. The third kappa shape index (κ3) is 7.19. The van der Waals surface area contributed by atoms with Crippen molar-refractivity contribution in [2.75, 3.05) is 4.90 Å². The molecule has 0 aliphatic rings. The van der Waals surface area contributed by atoms with Crippen LogP contribution in [-0.2, 0) is 6.54 Å². The van der Waals surface area contributed by atoms with Gasteiger partial charge in [0, 0.05) is 28.9 Å². The Kier molecular flexibility index (Phi) is 9.57. The van der Waals surface area contributed by atoms with E-state index in [0.717, 1.165) is 55.3 Å². The van der Waals surface area contributed by atoms with E-state index in [4.69, 9.17) is 9.40 Å². The fraction of sp³-hybridized carbons (Fsp3) is 0.0161. The van der Waals surface area contributed by atoms with Crippen LogP contribution >= 0.6 is 0 Å². The normalized spacial score (nSPS) is 11.4. The van der Waals surface area contributed by atoms with Gasteiger partial charge < -0.3 is 9.32 Å². The number of hydrogen-bond donors (Lipinski definition) is 0. The number of nitrogens with zero attached hydrogens (tertiary/aromatic N) is 2. The van der Waals surface area contributed by atoms with Gasteiger partial charge in [0.05, 0.1) is 0 Å². The maximum absolute atomic E-state index is 6.42. The van der Waals surface area contributed by atoms with E-state index >= 15 is 0 Å². The zero-order chi connectivity index (χ0) is 43.1. The number of hydrogen-bond acceptors (Lipinski definition) is 3. The van der Waals surface area contributed by atoms with Gasteiger partial charge in [0.15, 0.2) is 5.58 Å². The Balaban J connectivity index is 1.02. The van der Waals surface area contributed by atoms with Gasteiger partial charge in [0.1, 0.15) is 5.52 Å². The van der Waals surface area contributed by atoms with Crippen molar-refractivity contribution in [3.8, 4) is 56.0 Å². The topological polar surface area (TPSA) is 29.3 Å². The van der Waals surface area contributed by atoms with Crippen molar-refractivity contribution in [2.45, 2.75) is 6.54 Å². The quantitative estimate of drug-likeness (QED) is 0.145. The minimum absolute atomic E-state index is 0.625. The van der Waals surface area contributed by atoms with Crippen LogP contribution in [0.5, 0.6) is 0 Å². The molecule has 3 heteroatoms. The number of fused-ring (bicyclic) bond motifs is 5. The third-order valence-electron chi connectivity index (χ3n) is 12.8. The molecule has 0 N–H and O–H groups in total. The van der Waals surface area contributed by atoms with Gasteiger partial charge in [0.25, 0.3) is 0 Å². The van der Waals surface area contributed by atoms with Crippen LogP contribution in [0.4, 0.5) is 11.4 Å². The minimum atomic E-state index is 0.625. The fourth-order valence-electron chi connectivity index (χ4n) is 9.52. The summed E-state index contributed by atoms with van der Waals surface area (Å²) in [7, 11) is 0. The second-order valence-electron chi connectivity index (χ2n) is 16.7. The van der Waals surface area contributed by atoms with Gasteiger partial charge in [-0.2, -0.15) is 0 Å². The molecule has 1 aromatic heterocycles. The van der Waals surface area contributed by atoms with Crippen LogP contribution in [0.3, 0.4) is 0 Å². The Labute approximate surface area is 378 Å². The van der Waals surface area contributed by atoms with Gasteiger partial charge in [-0.25, -0.2) is 4.98 Å². The van der Waals surface area contributed by atoms with Gasteiger partial charge >= 0.3 is 0 Å². The van der Waals surface area contributed by atoms with E-state index in [1.54, 1.807) is 0 Å². The SMILES string of the molecule is c1ccc(-c2cccc(N(Cc3ccc4ccccc4c3-c3ccccc3)c3ccc(-c4ccccc4)c(-c4ccc5c(ccc6oc(-c7ccc8ccccc8c7)nc65)c4)c3)c2)cc1. The first-order valence-electron chi connectivity index (χ1n) is 22.2. The first-order valence-corrected chi connectivity index (χ1v) is 22.2. The van der Waals surface area contributed by atoms with E-state index in [1.807, 2.05) is 0 Å². The van der Waals surface area contributed by atoms with Crippen molar-refractivity contribution in [2.24, 2.45) is 0 Å². The second kappa shape index (κ2) is 16.3. The van der Waals surface area contributed by atoms with Gasteiger partial charge in [0.2, 0.25) is 5.89 Å². The molecule has 0 unspecified atom stereocenters. The summed E-state index contributed by atoms with van der Waals surface area (Å²) in [6, 6.07) is 87.2. The summed E-state index contributed by atoms with van der Waals surface area (Å²) < 4.78 is 6.42. The van der Waals surface area contributed by atoms with Crippen LogP contribution in [0, 0.1) is 0 Å². The van der Waals surface area contributed by atoms with Crippen LogP contribution in [-0.4, -0.2) is 4.98 Å². The highest BCUT2D eigenvalue weighted by atomic mass is 16.3. The Morgan fingerprint density at radius 1 is 0.354 bits per heavy atom. The third-order valence-corrected chi connectivity index (χ3v) is 12.8. The molecular formula is C62H42N2O. The first kappa shape index (κ1) is 38.2. The van der Waals surface area contributed by atoms with Gasteiger partial charge in [-0.05, 0) is 126 Å². The number of benzene rings is 11. The molecule has 1 heterocycles. The van der Waals surface area contributed by atoms with Crippen molar-refractivity contribution >= 4 is 54.8 Å². The van der Waals surface area contributed by atoms with Crippen LogP contribution in [0.2, 0.25) is 0 Å². The molecule has 0 aliphatic carbocycles. The van der Waals surface area contributed by atoms with Crippen molar-refractivity contribution < 1.29 is 4.42 Å². The highest BCUT2D eigenvalue weighted by Crippen LogP contribution is 2.42. The lowest BCUT2D eigenvalue weighted by molar-refractivity contribution is 0.620. The minimum Gasteiger partial charge on any atom is -0.436 e. The smallest absolute Gasteiger partial charge is 0.227 e. The highest BCUT2D eigenvalue weighted by Gasteiger charge is 2.20. The average Bonchev–Trinajstić information content (AvgIpc) is 3.83. The Bertz CT molecular complexity index is 3690. The highest BCUT2D eigenvalue weighted by molar-refractivity contribution is 6.06. The Morgan fingerprint density at radius 2 is 0.985 bits per heavy atom. The van der Waals surface area contributed by atoms with Gasteiger partial charge in [-0.15, -0.1) is 0 Å². The zero-order valence-electron chi connectivity index (χ0n) is 35.6. The molecule has 0 atom stereocenters. The molecule has 11 aromatic carbocycles. The molecule has 0 spiro atoms. The van der Waals surface area contributed by atoms with E-state index in [2.05, 4.69) is 248 Å². The lowest BCUT2D eigenvalue weighted by atomic mass is 9.91. The number of aromatic nitrogens is 1. The van der Waals surface area contributed by atoms with Crippen LogP contribution < -0.4 is 4.90 Å². The van der Waals surface area contributed by atoms with E-state index in [9.17, 15) is 0 Å². The summed E-state index contributed by atoms with van der Waals surface area (Å²) in [5, 5.41) is 6.99. The molecule has 0 saturated heterocycles. The van der Waals surface area contributed by atoms with E-state index in [0.29, 0.717) is 12.4 Å². The lowest BCUT2D eigenvalue weighted by Gasteiger charge is -2.29. The molecule has 0 amide bonds. The number of oxazole rings is 1. The van der Waals surface area contributed by atoms with E-state index < -0.39 is 0 Å². The molecule has 0 fully saturated rings. The largest absolute Gasteiger partial charge is 0.436 e. The molecule has 0 saturated carbocycles. The summed E-state index contributed by atoms with van der Waals surface area (Å²) in [5.74, 6) is 0.625. The fourth-order valence-corrected chi connectivity index (χ4v) is 9.52. The molecule has 12 aromatic rings. The standard InChI is InChI=1S/C62H42N2O/c1-4-15-42(16-5-1)48-24-14-25-53(39-48)64(41-52-30-28-45-20-12-13-26-56(45)60(52)46-21-8-3-9-22-46)54-33-35-55(44-18-6-2-7-19-44)58(40-54)50-31-34-57-49(38-50)32-36-59-61(57)63-62(65-59)51-29-27-43-17-10-11-23-47(43)37-51/h1-40H,41H2. The van der Waals surface area contributed by atoms with Crippen molar-refractivity contribution in [1.29, 1.82) is 0 Å². The van der Waals surface area contributed by atoms with Crippen molar-refractivity contribution in [1.82, 2.24) is 4.98 Å². The number of rotatable bonds is 9. The monoisotopic (exact) mass is 830 g/mol. The molecule has 0 aliphatic heterocycles. The summed E-state index contributed by atoms with van der Waals surface area (Å²) in [4.78, 5) is 7.58. The zero-order valence-corrected chi connectivity index (χ0v) is 35.6. The van der Waals surface area contributed by atoms with Gasteiger partial charge in [-0.1, -0.05) is 194 Å². The lowest BCUT2D eigenvalue weighted by Crippen LogP contribution is -2.17. The molecule has 3 nitrogen and oxygen atoms in total. The summed E-state index contributed by atoms with van der Waals surface area (Å²) in [5.41, 5.74) is 15.5. The predicted octanol–water partition coefficient (Wildman–Crippen LogP) is 17.0. The van der Waals surface area contributed by atoms with Crippen LogP contribution in [0.1, 0.15) is 5.56 Å². The summed E-state index contributed by atoms with van der Waals surface area (Å²) in [6.07, 6.45) is 0. The molecule has 65 heavy (non-hydrogen) atoms. The van der Waals surface area contributed by atoms with Gasteiger partial charge in [-0.3, -0.25) is 0 Å².